The van der Waals surface area contributed by atoms with E-state index in [4.69, 9.17) is 16.3 Å². The maximum Gasteiger partial charge on any atom is 0.257 e. The van der Waals surface area contributed by atoms with Gasteiger partial charge in [0.2, 0.25) is 11.8 Å². The fraction of sp³-hybridized carbons (Fsp3) is 0.320. The molecule has 0 aromatic heterocycles. The lowest BCUT2D eigenvalue weighted by atomic mass is 9.63. The van der Waals surface area contributed by atoms with Crippen LogP contribution in [0.5, 0.6) is 5.75 Å². The van der Waals surface area contributed by atoms with Crippen LogP contribution in [0.2, 0.25) is 5.02 Å². The minimum atomic E-state index is -0.444. The van der Waals surface area contributed by atoms with E-state index in [-0.39, 0.29) is 41.0 Å². The highest BCUT2D eigenvalue weighted by molar-refractivity contribution is 6.31. The summed E-state index contributed by atoms with van der Waals surface area (Å²) in [6.07, 6.45) is 5.38. The number of imide groups is 1. The molecule has 2 aromatic carbocycles. The molecule has 162 valence electrons. The topological polar surface area (TPSA) is 75.7 Å². The number of allylic oxidation sites excluding steroid dienone is 2. The highest BCUT2D eigenvalue weighted by atomic mass is 35.5. The van der Waals surface area contributed by atoms with Gasteiger partial charge in [0.25, 0.3) is 5.91 Å². The van der Waals surface area contributed by atoms with Gasteiger partial charge in [-0.05, 0) is 60.4 Å². The van der Waals surface area contributed by atoms with Crippen molar-refractivity contribution < 1.29 is 19.1 Å². The van der Waals surface area contributed by atoms with Crippen molar-refractivity contribution in [3.05, 3.63) is 65.2 Å². The first-order valence-corrected chi connectivity index (χ1v) is 11.2. The second-order valence-electron chi connectivity index (χ2n) is 8.98. The second-order valence-corrected chi connectivity index (χ2v) is 9.42. The van der Waals surface area contributed by atoms with Crippen molar-refractivity contribution in [2.24, 2.45) is 35.5 Å². The summed E-state index contributed by atoms with van der Waals surface area (Å²) < 4.78 is 5.31. The number of anilines is 2. The maximum atomic E-state index is 13.5. The largest absolute Gasteiger partial charge is 0.495 e. The van der Waals surface area contributed by atoms with Crippen LogP contribution >= 0.6 is 11.6 Å². The molecule has 32 heavy (non-hydrogen) atoms. The van der Waals surface area contributed by atoms with Crippen LogP contribution in [0, 0.1) is 35.5 Å². The number of rotatable bonds is 4. The predicted octanol–water partition coefficient (Wildman–Crippen LogP) is 4.16. The van der Waals surface area contributed by atoms with Crippen LogP contribution in [0.4, 0.5) is 11.4 Å². The Bertz CT molecular complexity index is 1170. The molecule has 6 atom stereocenters. The van der Waals surface area contributed by atoms with E-state index >= 15 is 0 Å². The molecule has 5 aliphatic rings. The van der Waals surface area contributed by atoms with Gasteiger partial charge in [0.15, 0.2) is 0 Å². The van der Waals surface area contributed by atoms with Gasteiger partial charge in [-0.1, -0.05) is 35.9 Å². The second kappa shape index (κ2) is 6.94. The Morgan fingerprint density at radius 3 is 2.34 bits per heavy atom. The average Bonchev–Trinajstić information content (AvgIpc) is 3.57. The fourth-order valence-electron chi connectivity index (χ4n) is 6.02. The molecule has 0 spiro atoms. The Morgan fingerprint density at radius 2 is 1.69 bits per heavy atom. The number of benzene rings is 2. The number of nitrogens with one attached hydrogen (secondary N) is 1. The number of para-hydroxylation sites is 1. The summed E-state index contributed by atoms with van der Waals surface area (Å²) in [6.45, 7) is 0. The SMILES string of the molecule is COc1ccc(Cl)cc1NC(=O)c1ccccc1N1C(=O)[C@@H]2[C@H]3C=C[C@@H]([C@@H]4C[C@@H]34)[C@@H]2C1=O. The molecule has 7 heteroatoms. The van der Waals surface area contributed by atoms with Gasteiger partial charge in [0.05, 0.1) is 35.9 Å². The number of methoxy groups -OCH3 is 1. The van der Waals surface area contributed by atoms with Crippen LogP contribution in [0.1, 0.15) is 16.8 Å². The molecule has 3 fully saturated rings. The molecule has 1 aliphatic heterocycles. The Labute approximate surface area is 190 Å². The van der Waals surface area contributed by atoms with Gasteiger partial charge >= 0.3 is 0 Å². The van der Waals surface area contributed by atoms with Crippen LogP contribution in [-0.2, 0) is 9.59 Å². The molecule has 7 rings (SSSR count). The molecule has 1 heterocycles. The molecular formula is C25H21ClN2O4. The molecular weight excluding hydrogens is 428 g/mol. The fourth-order valence-corrected chi connectivity index (χ4v) is 6.19. The normalized spacial score (nSPS) is 31.4. The molecule has 2 bridgehead atoms. The molecule has 2 saturated carbocycles. The van der Waals surface area contributed by atoms with E-state index in [1.165, 1.54) is 12.0 Å². The molecule has 2 aromatic rings. The van der Waals surface area contributed by atoms with E-state index in [0.29, 0.717) is 34.0 Å². The van der Waals surface area contributed by atoms with Crippen molar-refractivity contribution in [1.29, 1.82) is 0 Å². The van der Waals surface area contributed by atoms with E-state index < -0.39 is 5.91 Å². The van der Waals surface area contributed by atoms with Crippen LogP contribution in [0.15, 0.2) is 54.6 Å². The van der Waals surface area contributed by atoms with Gasteiger partial charge < -0.3 is 10.1 Å². The monoisotopic (exact) mass is 448 g/mol. The van der Waals surface area contributed by atoms with E-state index in [2.05, 4.69) is 17.5 Å². The zero-order valence-electron chi connectivity index (χ0n) is 17.3. The van der Waals surface area contributed by atoms with E-state index in [9.17, 15) is 14.4 Å². The number of ether oxygens (including phenoxy) is 1. The first-order chi connectivity index (χ1) is 15.5. The Morgan fingerprint density at radius 1 is 1.03 bits per heavy atom. The quantitative estimate of drug-likeness (QED) is 0.563. The lowest BCUT2D eigenvalue weighted by Gasteiger charge is -2.37. The van der Waals surface area contributed by atoms with E-state index in [0.717, 1.165) is 6.42 Å². The van der Waals surface area contributed by atoms with Crippen LogP contribution < -0.4 is 15.0 Å². The number of hydrogen-bond donors (Lipinski definition) is 1. The first-order valence-electron chi connectivity index (χ1n) is 10.8. The smallest absolute Gasteiger partial charge is 0.257 e. The van der Waals surface area contributed by atoms with Crippen molar-refractivity contribution in [2.45, 2.75) is 6.42 Å². The molecule has 0 unspecified atom stereocenters. The van der Waals surface area contributed by atoms with Gasteiger partial charge in [0.1, 0.15) is 5.75 Å². The van der Waals surface area contributed by atoms with Crippen molar-refractivity contribution in [3.63, 3.8) is 0 Å². The minimum absolute atomic E-state index is 0.133. The summed E-state index contributed by atoms with van der Waals surface area (Å²) in [4.78, 5) is 41.4. The summed E-state index contributed by atoms with van der Waals surface area (Å²) in [6, 6.07) is 11.7. The van der Waals surface area contributed by atoms with Crippen molar-refractivity contribution in [1.82, 2.24) is 0 Å². The van der Waals surface area contributed by atoms with Crippen molar-refractivity contribution >= 4 is 40.7 Å². The molecule has 1 saturated heterocycles. The number of nitrogens with zero attached hydrogens (tertiary/aromatic N) is 1. The summed E-state index contributed by atoms with van der Waals surface area (Å²) in [5.74, 6) is 0.322. The summed E-state index contributed by atoms with van der Waals surface area (Å²) >= 11 is 6.08. The highest BCUT2D eigenvalue weighted by Gasteiger charge is 2.67. The van der Waals surface area contributed by atoms with Crippen LogP contribution in [0.25, 0.3) is 0 Å². The van der Waals surface area contributed by atoms with E-state index in [1.54, 1.807) is 42.5 Å². The Balaban J connectivity index is 1.35. The van der Waals surface area contributed by atoms with Gasteiger partial charge in [-0.15, -0.1) is 0 Å². The van der Waals surface area contributed by atoms with Gasteiger partial charge in [0, 0.05) is 5.02 Å². The van der Waals surface area contributed by atoms with Crippen molar-refractivity contribution in [2.75, 3.05) is 17.3 Å². The molecule has 1 N–H and O–H groups in total. The van der Waals surface area contributed by atoms with Gasteiger partial charge in [-0.25, -0.2) is 4.90 Å². The van der Waals surface area contributed by atoms with Crippen molar-refractivity contribution in [3.8, 4) is 5.75 Å². The average molecular weight is 449 g/mol. The Hall–Kier alpha value is -3.12. The summed E-state index contributed by atoms with van der Waals surface area (Å²) in [5.41, 5.74) is 0.985. The zero-order valence-corrected chi connectivity index (χ0v) is 18.1. The van der Waals surface area contributed by atoms with Gasteiger partial charge in [-0.2, -0.15) is 0 Å². The predicted molar refractivity (Wildman–Crippen MR) is 120 cm³/mol. The third-order valence-corrected chi connectivity index (χ3v) is 7.70. The number of amides is 3. The number of hydrogen-bond acceptors (Lipinski definition) is 4. The van der Waals surface area contributed by atoms with E-state index in [1.807, 2.05) is 0 Å². The lowest BCUT2D eigenvalue weighted by molar-refractivity contribution is -0.124. The Kier molecular flexibility index (Phi) is 4.24. The zero-order chi connectivity index (χ0) is 22.1. The van der Waals surface area contributed by atoms with Crippen LogP contribution in [-0.4, -0.2) is 24.8 Å². The summed E-state index contributed by atoms with van der Waals surface area (Å²) in [5, 5.41) is 3.26. The standard InChI is InChI=1S/C25H21ClN2O4/c1-32-20-9-6-12(26)10-18(20)27-23(29)15-4-2-3-5-19(15)28-24(30)21-13-7-8-14(17-11-16(13)17)22(21)25(28)31/h2-10,13-14,16-17,21-22H,11H2,1H3,(H,27,29)/t13-,14-,16-,17-,21-,22+/m0/s1. The number of carbonyl (C=O) groups excluding carboxylic acids is 3. The molecule has 3 amide bonds. The van der Waals surface area contributed by atoms with Crippen LogP contribution in [0.3, 0.4) is 0 Å². The van der Waals surface area contributed by atoms with Gasteiger partial charge in [-0.3, -0.25) is 14.4 Å². The highest BCUT2D eigenvalue weighted by Crippen LogP contribution is 2.65. The third-order valence-electron chi connectivity index (χ3n) is 7.46. The molecule has 4 aliphatic carbocycles. The third kappa shape index (κ3) is 2.69. The lowest BCUT2D eigenvalue weighted by Crippen LogP contribution is -2.40. The molecule has 6 nitrogen and oxygen atoms in total. The summed E-state index contributed by atoms with van der Waals surface area (Å²) in [7, 11) is 1.50. The number of halogens is 1. The first kappa shape index (κ1) is 19.6. The minimum Gasteiger partial charge on any atom is -0.495 e. The number of carbonyl (C=O) groups is 3. The molecule has 0 radical (unpaired) electrons. The maximum absolute atomic E-state index is 13.5.